The molecule has 5 nitrogen and oxygen atoms in total. The first-order valence-corrected chi connectivity index (χ1v) is 11.0. The minimum Gasteiger partial charge on any atom is -0.337 e. The number of amides is 1. The second-order valence-electron chi connectivity index (χ2n) is 8.06. The van der Waals surface area contributed by atoms with Gasteiger partial charge in [-0.25, -0.2) is 4.98 Å². The molecule has 2 aromatic rings. The maximum Gasteiger partial charge on any atom is 0.262 e. The van der Waals surface area contributed by atoms with Gasteiger partial charge in [0, 0.05) is 23.7 Å². The molecule has 0 radical (unpaired) electrons. The van der Waals surface area contributed by atoms with E-state index in [2.05, 4.69) is 13.8 Å². The van der Waals surface area contributed by atoms with Gasteiger partial charge >= 0.3 is 0 Å². The lowest BCUT2D eigenvalue weighted by molar-refractivity contribution is -0.133. The average Bonchev–Trinajstić information content (AvgIpc) is 2.58. The molecule has 0 aliphatic rings. The number of nitrogens with zero attached hydrogens (tertiary/aromatic N) is 3. The van der Waals surface area contributed by atoms with Crippen molar-refractivity contribution >= 4 is 40.2 Å². The van der Waals surface area contributed by atoms with Crippen molar-refractivity contribution in [1.29, 1.82) is 0 Å². The normalized spacial score (nSPS) is 13.0. The predicted molar refractivity (Wildman–Crippen MR) is 118 cm³/mol. The summed E-state index contributed by atoms with van der Waals surface area (Å²) in [6.45, 7) is 14.6. The Labute approximate surface area is 176 Å². The van der Waals surface area contributed by atoms with Crippen LogP contribution in [-0.4, -0.2) is 37.7 Å². The third-order valence-corrected chi connectivity index (χ3v) is 5.74. The molecule has 0 N–H and O–H groups in total. The SMILES string of the molecule is CC(C)Cn1c(S[C@H](C)C(=O)N(C(C)C)C(C)C)nc2ccc(Cl)cc2c1=O. The van der Waals surface area contributed by atoms with E-state index >= 15 is 0 Å². The molecule has 0 fully saturated rings. The van der Waals surface area contributed by atoms with Gasteiger partial charge in [0.25, 0.3) is 5.56 Å². The molecule has 1 amide bonds. The minimum absolute atomic E-state index is 0.0524. The molecule has 7 heteroatoms. The highest BCUT2D eigenvalue weighted by Gasteiger charge is 2.27. The van der Waals surface area contributed by atoms with Gasteiger partial charge in [-0.15, -0.1) is 0 Å². The first-order valence-electron chi connectivity index (χ1n) is 9.71. The molecule has 1 atom stereocenters. The van der Waals surface area contributed by atoms with E-state index in [1.165, 1.54) is 11.8 Å². The number of thioether (sulfide) groups is 1. The molecule has 1 aromatic heterocycles. The van der Waals surface area contributed by atoms with Gasteiger partial charge < -0.3 is 4.90 Å². The zero-order valence-corrected chi connectivity index (χ0v) is 19.3. The highest BCUT2D eigenvalue weighted by molar-refractivity contribution is 8.00. The topological polar surface area (TPSA) is 55.2 Å². The number of halogens is 1. The number of hydrogen-bond donors (Lipinski definition) is 0. The second kappa shape index (κ2) is 9.31. The van der Waals surface area contributed by atoms with Crippen LogP contribution in [0.15, 0.2) is 28.2 Å². The van der Waals surface area contributed by atoms with Crippen molar-refractivity contribution in [2.45, 2.75) is 77.5 Å². The minimum atomic E-state index is -0.347. The van der Waals surface area contributed by atoms with Crippen LogP contribution in [-0.2, 0) is 11.3 Å². The number of carbonyl (C=O) groups excluding carboxylic acids is 1. The molecule has 0 saturated heterocycles. The Morgan fingerprint density at radius 2 is 1.75 bits per heavy atom. The number of carbonyl (C=O) groups is 1. The molecule has 0 bridgehead atoms. The van der Waals surface area contributed by atoms with Crippen molar-refractivity contribution in [2.24, 2.45) is 5.92 Å². The van der Waals surface area contributed by atoms with Crippen molar-refractivity contribution in [3.63, 3.8) is 0 Å². The second-order valence-corrected chi connectivity index (χ2v) is 9.80. The Morgan fingerprint density at radius 1 is 1.14 bits per heavy atom. The highest BCUT2D eigenvalue weighted by atomic mass is 35.5. The molecule has 1 heterocycles. The third-order valence-electron chi connectivity index (χ3n) is 4.43. The Balaban J connectivity index is 2.48. The number of rotatable bonds is 7. The zero-order chi connectivity index (χ0) is 21.2. The van der Waals surface area contributed by atoms with Gasteiger partial charge in [0.05, 0.1) is 16.2 Å². The number of hydrogen-bond acceptors (Lipinski definition) is 4. The average molecular weight is 424 g/mol. The van der Waals surface area contributed by atoms with Gasteiger partial charge in [-0.05, 0) is 58.7 Å². The number of benzene rings is 1. The summed E-state index contributed by atoms with van der Waals surface area (Å²) in [6, 6.07) is 5.36. The van der Waals surface area contributed by atoms with Gasteiger partial charge in [-0.2, -0.15) is 0 Å². The molecule has 0 saturated carbocycles. The Morgan fingerprint density at radius 3 is 2.29 bits per heavy atom. The van der Waals surface area contributed by atoms with E-state index in [0.717, 1.165) is 0 Å². The first-order chi connectivity index (χ1) is 13.0. The van der Waals surface area contributed by atoms with Gasteiger partial charge in [-0.1, -0.05) is 37.2 Å². The highest BCUT2D eigenvalue weighted by Crippen LogP contribution is 2.26. The maximum atomic E-state index is 13.1. The van der Waals surface area contributed by atoms with Crippen LogP contribution in [0.1, 0.15) is 48.5 Å². The first kappa shape index (κ1) is 22.8. The van der Waals surface area contributed by atoms with E-state index in [1.54, 1.807) is 22.8 Å². The molecule has 0 unspecified atom stereocenters. The van der Waals surface area contributed by atoms with Crippen molar-refractivity contribution in [1.82, 2.24) is 14.5 Å². The van der Waals surface area contributed by atoms with Gasteiger partial charge in [0.15, 0.2) is 5.16 Å². The molecule has 2 rings (SSSR count). The van der Waals surface area contributed by atoms with Crippen molar-refractivity contribution in [3.05, 3.63) is 33.6 Å². The Kier molecular flexibility index (Phi) is 7.57. The van der Waals surface area contributed by atoms with E-state index in [-0.39, 0.29) is 34.7 Å². The maximum absolute atomic E-state index is 13.1. The molecule has 154 valence electrons. The van der Waals surface area contributed by atoms with Crippen molar-refractivity contribution in [3.8, 4) is 0 Å². The van der Waals surface area contributed by atoms with Crippen LogP contribution in [0.3, 0.4) is 0 Å². The Hall–Kier alpha value is -1.53. The summed E-state index contributed by atoms with van der Waals surface area (Å²) >= 11 is 7.42. The van der Waals surface area contributed by atoms with Gasteiger partial charge in [0.2, 0.25) is 5.91 Å². The van der Waals surface area contributed by atoms with Crippen LogP contribution in [0.2, 0.25) is 5.02 Å². The van der Waals surface area contributed by atoms with Crippen LogP contribution in [0.4, 0.5) is 0 Å². The van der Waals surface area contributed by atoms with Crippen LogP contribution >= 0.6 is 23.4 Å². The monoisotopic (exact) mass is 423 g/mol. The number of aromatic nitrogens is 2. The number of fused-ring (bicyclic) bond motifs is 1. The quantitative estimate of drug-likeness (QED) is 0.472. The summed E-state index contributed by atoms with van der Waals surface area (Å²) in [5.74, 6) is 0.320. The van der Waals surface area contributed by atoms with E-state index in [1.807, 2.05) is 39.5 Å². The fourth-order valence-corrected chi connectivity index (χ4v) is 4.46. The Bertz CT molecular complexity index is 900. The van der Waals surface area contributed by atoms with E-state index in [9.17, 15) is 9.59 Å². The van der Waals surface area contributed by atoms with Gasteiger partial charge in [-0.3, -0.25) is 14.2 Å². The lowest BCUT2D eigenvalue weighted by Crippen LogP contribution is -2.45. The standard InChI is InChI=1S/C21H30ClN3O2S/c1-12(2)11-24-20(27)17-10-16(22)8-9-18(17)23-21(24)28-15(7)19(26)25(13(3)4)14(5)6/h8-10,12-15H,11H2,1-7H3/t15-/m1/s1. The van der Waals surface area contributed by atoms with Crippen LogP contribution in [0.5, 0.6) is 0 Å². The smallest absolute Gasteiger partial charge is 0.262 e. The molecule has 1 aromatic carbocycles. The van der Waals surface area contributed by atoms with Crippen molar-refractivity contribution in [2.75, 3.05) is 0 Å². The molecular weight excluding hydrogens is 394 g/mol. The summed E-state index contributed by atoms with van der Waals surface area (Å²) < 4.78 is 1.67. The molecule has 28 heavy (non-hydrogen) atoms. The zero-order valence-electron chi connectivity index (χ0n) is 17.7. The molecule has 0 aliphatic heterocycles. The molecular formula is C21H30ClN3O2S. The summed E-state index contributed by atoms with van der Waals surface area (Å²) in [5.41, 5.74) is 0.481. The summed E-state index contributed by atoms with van der Waals surface area (Å²) in [4.78, 5) is 32.7. The summed E-state index contributed by atoms with van der Waals surface area (Å²) in [5, 5.41) is 1.24. The lowest BCUT2D eigenvalue weighted by Gasteiger charge is -2.33. The predicted octanol–water partition coefficient (Wildman–Crippen LogP) is 4.83. The van der Waals surface area contributed by atoms with Crippen LogP contribution in [0, 0.1) is 5.92 Å². The third kappa shape index (κ3) is 5.09. The van der Waals surface area contributed by atoms with Crippen molar-refractivity contribution < 1.29 is 4.79 Å². The van der Waals surface area contributed by atoms with E-state index in [4.69, 9.17) is 16.6 Å². The van der Waals surface area contributed by atoms with Crippen LogP contribution in [0.25, 0.3) is 10.9 Å². The lowest BCUT2D eigenvalue weighted by atomic mass is 10.2. The molecule has 0 aliphatic carbocycles. The summed E-state index contributed by atoms with van der Waals surface area (Å²) in [6.07, 6.45) is 0. The van der Waals surface area contributed by atoms with E-state index < -0.39 is 0 Å². The molecule has 0 spiro atoms. The van der Waals surface area contributed by atoms with Crippen LogP contribution < -0.4 is 5.56 Å². The summed E-state index contributed by atoms with van der Waals surface area (Å²) in [7, 11) is 0. The fourth-order valence-electron chi connectivity index (χ4n) is 3.31. The van der Waals surface area contributed by atoms with Gasteiger partial charge in [0.1, 0.15) is 0 Å². The van der Waals surface area contributed by atoms with E-state index in [0.29, 0.717) is 27.6 Å². The fraction of sp³-hybridized carbons (Fsp3) is 0.571. The largest absolute Gasteiger partial charge is 0.337 e.